The van der Waals surface area contributed by atoms with E-state index in [4.69, 9.17) is 4.42 Å². The lowest BCUT2D eigenvalue weighted by molar-refractivity contribution is 0.0927. The Bertz CT molecular complexity index is 832. The van der Waals surface area contributed by atoms with E-state index in [0.29, 0.717) is 18.0 Å². The first kappa shape index (κ1) is 14.9. The number of pyridine rings is 1. The monoisotopic (exact) mass is 324 g/mol. The molecule has 1 fully saturated rings. The molecule has 0 aromatic carbocycles. The van der Waals surface area contributed by atoms with Crippen LogP contribution in [0.25, 0.3) is 5.65 Å². The fourth-order valence-electron chi connectivity index (χ4n) is 3.28. The van der Waals surface area contributed by atoms with Gasteiger partial charge in [0, 0.05) is 12.2 Å². The van der Waals surface area contributed by atoms with Crippen molar-refractivity contribution in [2.75, 3.05) is 0 Å². The number of carbonyl (C=O) groups is 1. The Morgan fingerprint density at radius 1 is 1.21 bits per heavy atom. The molecule has 1 aliphatic carbocycles. The first-order valence-corrected chi connectivity index (χ1v) is 8.46. The van der Waals surface area contributed by atoms with Crippen molar-refractivity contribution in [3.63, 3.8) is 0 Å². The van der Waals surface area contributed by atoms with Gasteiger partial charge < -0.3 is 9.73 Å². The summed E-state index contributed by atoms with van der Waals surface area (Å²) in [6.07, 6.45) is 9.81. The first-order chi connectivity index (χ1) is 11.8. The van der Waals surface area contributed by atoms with Gasteiger partial charge in [0.05, 0.1) is 18.2 Å². The van der Waals surface area contributed by atoms with Gasteiger partial charge in [-0.25, -0.2) is 0 Å². The van der Waals surface area contributed by atoms with Crippen molar-refractivity contribution in [3.8, 4) is 0 Å². The third-order valence-electron chi connectivity index (χ3n) is 4.59. The van der Waals surface area contributed by atoms with Gasteiger partial charge in [0.1, 0.15) is 11.6 Å². The maximum absolute atomic E-state index is 12.5. The maximum Gasteiger partial charge on any atom is 0.252 e. The third kappa shape index (κ3) is 3.04. The van der Waals surface area contributed by atoms with Gasteiger partial charge in [0.25, 0.3) is 5.91 Å². The summed E-state index contributed by atoms with van der Waals surface area (Å²) < 4.78 is 7.23. The van der Waals surface area contributed by atoms with E-state index < -0.39 is 0 Å². The number of rotatable bonds is 4. The van der Waals surface area contributed by atoms with Crippen molar-refractivity contribution in [2.24, 2.45) is 0 Å². The van der Waals surface area contributed by atoms with Gasteiger partial charge in [-0.15, -0.1) is 10.2 Å². The van der Waals surface area contributed by atoms with Gasteiger partial charge in [-0.3, -0.25) is 9.20 Å². The van der Waals surface area contributed by atoms with Crippen LogP contribution >= 0.6 is 0 Å². The quantitative estimate of drug-likeness (QED) is 0.801. The molecule has 3 aromatic heterocycles. The highest BCUT2D eigenvalue weighted by Crippen LogP contribution is 2.18. The summed E-state index contributed by atoms with van der Waals surface area (Å²) in [5.74, 6) is 1.55. The summed E-state index contributed by atoms with van der Waals surface area (Å²) in [5.41, 5.74) is 1.36. The van der Waals surface area contributed by atoms with Crippen LogP contribution in [-0.2, 0) is 6.42 Å². The Hall–Kier alpha value is -2.63. The second-order valence-corrected chi connectivity index (χ2v) is 6.33. The van der Waals surface area contributed by atoms with Crippen molar-refractivity contribution >= 4 is 11.6 Å². The Kier molecular flexibility index (Phi) is 4.02. The van der Waals surface area contributed by atoms with E-state index in [2.05, 4.69) is 15.5 Å². The summed E-state index contributed by atoms with van der Waals surface area (Å²) in [7, 11) is 0. The largest absolute Gasteiger partial charge is 0.469 e. The number of carbonyl (C=O) groups excluding carboxylic acids is 1. The molecule has 0 unspecified atom stereocenters. The maximum atomic E-state index is 12.5. The van der Waals surface area contributed by atoms with Crippen LogP contribution < -0.4 is 5.32 Å². The summed E-state index contributed by atoms with van der Waals surface area (Å²) in [6, 6.07) is 7.68. The molecule has 6 nitrogen and oxygen atoms in total. The lowest BCUT2D eigenvalue weighted by Crippen LogP contribution is -2.36. The minimum atomic E-state index is -0.0264. The molecule has 24 heavy (non-hydrogen) atoms. The molecule has 0 spiro atoms. The number of fused-ring (bicyclic) bond motifs is 1. The van der Waals surface area contributed by atoms with Crippen molar-refractivity contribution in [3.05, 3.63) is 53.9 Å². The molecule has 0 radical (unpaired) electrons. The van der Waals surface area contributed by atoms with Crippen LogP contribution in [0.4, 0.5) is 0 Å². The van der Waals surface area contributed by atoms with Crippen LogP contribution in [0.3, 0.4) is 0 Å². The first-order valence-electron chi connectivity index (χ1n) is 8.46. The molecule has 124 valence electrons. The average molecular weight is 324 g/mol. The molecule has 0 atom stereocenters. The van der Waals surface area contributed by atoms with E-state index in [0.717, 1.165) is 30.1 Å². The third-order valence-corrected chi connectivity index (χ3v) is 4.59. The molecule has 1 amide bonds. The molecular formula is C18H20N4O2. The lowest BCUT2D eigenvalue weighted by Gasteiger charge is -2.22. The summed E-state index contributed by atoms with van der Waals surface area (Å²) >= 11 is 0. The standard InChI is InChI=1S/C18H20N4O2/c23-18(19-14-5-2-1-3-6-14)13-8-9-16-20-21-17(22(16)12-13)11-15-7-4-10-24-15/h4,7-10,12,14H,1-3,5-6,11H2,(H,19,23). The van der Waals surface area contributed by atoms with Crippen molar-refractivity contribution in [2.45, 2.75) is 44.6 Å². The molecule has 0 aliphatic heterocycles. The fraction of sp³-hybridized carbons (Fsp3) is 0.389. The molecule has 6 heteroatoms. The molecule has 4 rings (SSSR count). The smallest absolute Gasteiger partial charge is 0.252 e. The molecule has 1 aliphatic rings. The van der Waals surface area contributed by atoms with Gasteiger partial charge >= 0.3 is 0 Å². The Morgan fingerprint density at radius 3 is 2.88 bits per heavy atom. The summed E-state index contributed by atoms with van der Waals surface area (Å²) in [4.78, 5) is 12.5. The molecule has 3 heterocycles. The van der Waals surface area contributed by atoms with Crippen LogP contribution in [-0.4, -0.2) is 26.5 Å². The second kappa shape index (κ2) is 6.47. The van der Waals surface area contributed by atoms with E-state index in [1.165, 1.54) is 19.3 Å². The molecule has 1 N–H and O–H groups in total. The summed E-state index contributed by atoms with van der Waals surface area (Å²) in [6.45, 7) is 0. The highest BCUT2D eigenvalue weighted by molar-refractivity contribution is 5.94. The van der Waals surface area contributed by atoms with E-state index in [9.17, 15) is 4.79 Å². The van der Waals surface area contributed by atoms with Gasteiger partial charge in [-0.05, 0) is 37.1 Å². The molecule has 1 saturated carbocycles. The highest BCUT2D eigenvalue weighted by atomic mass is 16.3. The zero-order valence-electron chi connectivity index (χ0n) is 13.4. The van der Waals surface area contributed by atoms with Gasteiger partial charge in [0.15, 0.2) is 5.65 Å². The Labute approximate surface area is 139 Å². The zero-order chi connectivity index (χ0) is 16.4. The van der Waals surface area contributed by atoms with E-state index in [1.807, 2.05) is 28.8 Å². The topological polar surface area (TPSA) is 72.4 Å². The van der Waals surface area contributed by atoms with Crippen molar-refractivity contribution in [1.29, 1.82) is 0 Å². The van der Waals surface area contributed by atoms with Crippen LogP contribution in [0.15, 0.2) is 41.1 Å². The number of amides is 1. The van der Waals surface area contributed by atoms with E-state index in [1.54, 1.807) is 12.3 Å². The minimum absolute atomic E-state index is 0.0264. The Morgan fingerprint density at radius 2 is 2.08 bits per heavy atom. The van der Waals surface area contributed by atoms with E-state index >= 15 is 0 Å². The predicted molar refractivity (Wildman–Crippen MR) is 88.8 cm³/mol. The second-order valence-electron chi connectivity index (χ2n) is 6.33. The predicted octanol–water partition coefficient (Wildman–Crippen LogP) is 2.98. The van der Waals surface area contributed by atoms with Crippen LogP contribution in [0.5, 0.6) is 0 Å². The number of nitrogens with zero attached hydrogens (tertiary/aromatic N) is 3. The fourth-order valence-corrected chi connectivity index (χ4v) is 3.28. The number of hydrogen-bond donors (Lipinski definition) is 1. The molecular weight excluding hydrogens is 304 g/mol. The molecule has 0 saturated heterocycles. The molecule has 3 aromatic rings. The lowest BCUT2D eigenvalue weighted by atomic mass is 9.95. The SMILES string of the molecule is O=C(NC1CCCCC1)c1ccc2nnc(Cc3ccco3)n2c1. The number of furan rings is 1. The minimum Gasteiger partial charge on any atom is -0.469 e. The van der Waals surface area contributed by atoms with E-state index in [-0.39, 0.29) is 5.91 Å². The van der Waals surface area contributed by atoms with Gasteiger partial charge in [0.2, 0.25) is 0 Å². The average Bonchev–Trinajstić information content (AvgIpc) is 3.26. The number of hydrogen-bond acceptors (Lipinski definition) is 4. The van der Waals surface area contributed by atoms with Gasteiger partial charge in [-0.2, -0.15) is 0 Å². The number of nitrogens with one attached hydrogen (secondary N) is 1. The van der Waals surface area contributed by atoms with Gasteiger partial charge in [-0.1, -0.05) is 19.3 Å². The normalized spacial score (nSPS) is 15.7. The van der Waals surface area contributed by atoms with Crippen molar-refractivity contribution in [1.82, 2.24) is 19.9 Å². The number of aromatic nitrogens is 3. The van der Waals surface area contributed by atoms with Crippen LogP contribution in [0.1, 0.15) is 54.0 Å². The van der Waals surface area contributed by atoms with Crippen molar-refractivity contribution < 1.29 is 9.21 Å². The zero-order valence-corrected chi connectivity index (χ0v) is 13.4. The molecule has 0 bridgehead atoms. The van der Waals surface area contributed by atoms with Crippen LogP contribution in [0.2, 0.25) is 0 Å². The Balaban J connectivity index is 1.56. The summed E-state index contributed by atoms with van der Waals surface area (Å²) in [5, 5.41) is 11.5. The highest BCUT2D eigenvalue weighted by Gasteiger charge is 2.17. The van der Waals surface area contributed by atoms with Crippen LogP contribution in [0, 0.1) is 0 Å².